The number of hydrogen-bond donors (Lipinski definition) is 1. The van der Waals surface area contributed by atoms with Crippen LogP contribution in [-0.4, -0.2) is 43.8 Å². The molecule has 1 saturated heterocycles. The smallest absolute Gasteiger partial charge is 0.240 e. The van der Waals surface area contributed by atoms with E-state index in [-0.39, 0.29) is 47.9 Å². The van der Waals surface area contributed by atoms with Crippen LogP contribution in [0.25, 0.3) is 0 Å². The van der Waals surface area contributed by atoms with Crippen molar-refractivity contribution in [2.45, 2.75) is 32.1 Å². The third kappa shape index (κ3) is 2.64. The van der Waals surface area contributed by atoms with Crippen LogP contribution in [-0.2, 0) is 14.4 Å². The Kier molecular flexibility index (Phi) is 3.75. The zero-order valence-electron chi connectivity index (χ0n) is 13.5. The molecule has 1 heterocycles. The van der Waals surface area contributed by atoms with Gasteiger partial charge in [-0.1, -0.05) is 31.8 Å². The van der Waals surface area contributed by atoms with Gasteiger partial charge in [-0.3, -0.25) is 19.3 Å². The Morgan fingerprint density at radius 3 is 2.23 bits per heavy atom. The molecule has 120 valence electrons. The summed E-state index contributed by atoms with van der Waals surface area (Å²) in [5.74, 6) is -0.535. The second-order valence-corrected chi connectivity index (χ2v) is 13.5. The number of likely N-dealkylation sites (tertiary alicyclic amines) is 1. The maximum Gasteiger partial charge on any atom is 0.240 e. The Bertz CT molecular complexity index is 522. The van der Waals surface area contributed by atoms with Crippen LogP contribution in [0.15, 0.2) is 12.2 Å². The summed E-state index contributed by atoms with van der Waals surface area (Å²) in [6, 6.07) is 1.000. The number of carbonyl (C=O) groups excluding carboxylic acids is 3. The van der Waals surface area contributed by atoms with E-state index in [1.54, 1.807) is 0 Å². The Hall–Kier alpha value is -1.43. The number of carbonyl (C=O) groups is 3. The lowest BCUT2D eigenvalue weighted by Crippen LogP contribution is -2.42. The Balaban J connectivity index is 1.57. The number of nitrogens with one attached hydrogen (secondary N) is 1. The average molecular weight is 320 g/mol. The lowest BCUT2D eigenvalue weighted by Gasteiger charge is -2.18. The molecule has 3 aliphatic rings. The molecular weight excluding hydrogens is 296 g/mol. The van der Waals surface area contributed by atoms with Gasteiger partial charge in [0.25, 0.3) is 0 Å². The molecule has 0 spiro atoms. The fourth-order valence-electron chi connectivity index (χ4n) is 3.90. The van der Waals surface area contributed by atoms with E-state index in [9.17, 15) is 14.4 Å². The predicted octanol–water partition coefficient (Wildman–Crippen LogP) is 1.25. The summed E-state index contributed by atoms with van der Waals surface area (Å²) >= 11 is 0. The van der Waals surface area contributed by atoms with E-state index in [0.29, 0.717) is 6.54 Å². The fourth-order valence-corrected chi connectivity index (χ4v) is 4.77. The van der Waals surface area contributed by atoms with Crippen molar-refractivity contribution in [2.24, 2.45) is 23.7 Å². The zero-order chi connectivity index (χ0) is 16.1. The van der Waals surface area contributed by atoms with Crippen molar-refractivity contribution < 1.29 is 14.4 Å². The van der Waals surface area contributed by atoms with Crippen LogP contribution in [0.1, 0.15) is 6.42 Å². The molecule has 0 aromatic heterocycles. The van der Waals surface area contributed by atoms with Gasteiger partial charge in [0.1, 0.15) is 6.54 Å². The van der Waals surface area contributed by atoms with Crippen molar-refractivity contribution in [3.63, 3.8) is 0 Å². The van der Waals surface area contributed by atoms with E-state index < -0.39 is 8.07 Å². The highest BCUT2D eigenvalue weighted by molar-refractivity contribution is 6.76. The lowest BCUT2D eigenvalue weighted by molar-refractivity contribution is -0.144. The molecule has 1 aliphatic heterocycles. The van der Waals surface area contributed by atoms with Gasteiger partial charge >= 0.3 is 0 Å². The average Bonchev–Trinajstić information content (AvgIpc) is 3.07. The van der Waals surface area contributed by atoms with E-state index in [1.807, 2.05) is 0 Å². The van der Waals surface area contributed by atoms with Crippen LogP contribution in [0.4, 0.5) is 0 Å². The highest BCUT2D eigenvalue weighted by Crippen LogP contribution is 2.52. The van der Waals surface area contributed by atoms with Crippen LogP contribution in [0.2, 0.25) is 25.7 Å². The van der Waals surface area contributed by atoms with Crippen LogP contribution < -0.4 is 5.32 Å². The summed E-state index contributed by atoms with van der Waals surface area (Å²) in [6.07, 6.45) is 5.05. The minimum Gasteiger partial charge on any atom is -0.355 e. The molecule has 6 heteroatoms. The van der Waals surface area contributed by atoms with E-state index in [1.165, 1.54) is 4.90 Å². The van der Waals surface area contributed by atoms with Crippen LogP contribution in [0, 0.1) is 23.7 Å². The summed E-state index contributed by atoms with van der Waals surface area (Å²) in [4.78, 5) is 38.1. The molecule has 0 aromatic rings. The first-order chi connectivity index (χ1) is 10.3. The lowest BCUT2D eigenvalue weighted by atomic mass is 9.85. The normalized spacial score (nSPS) is 32.8. The molecule has 0 radical (unpaired) electrons. The molecule has 1 N–H and O–H groups in total. The van der Waals surface area contributed by atoms with E-state index in [4.69, 9.17) is 0 Å². The molecule has 2 fully saturated rings. The third-order valence-electron chi connectivity index (χ3n) is 5.06. The van der Waals surface area contributed by atoms with E-state index in [2.05, 4.69) is 37.1 Å². The van der Waals surface area contributed by atoms with Crippen LogP contribution >= 0.6 is 0 Å². The van der Waals surface area contributed by atoms with Gasteiger partial charge in [0.15, 0.2) is 0 Å². The standard InChI is InChI=1S/C16H24N2O3Si/c1-22(2,3)7-6-17-12(19)9-18-15(20)13-10-4-5-11(8-10)14(13)16(18)21/h4-5,10-11,13-14H,6-9H2,1-3H3,(H,17,19). The molecule has 4 unspecified atom stereocenters. The number of nitrogens with zero attached hydrogens (tertiary/aromatic N) is 1. The first-order valence-corrected chi connectivity index (χ1v) is 11.8. The molecule has 0 aromatic carbocycles. The van der Waals surface area contributed by atoms with Crippen molar-refractivity contribution in [1.82, 2.24) is 10.2 Å². The molecule has 1 saturated carbocycles. The second-order valence-electron chi connectivity index (χ2n) is 7.92. The van der Waals surface area contributed by atoms with Gasteiger partial charge in [-0.25, -0.2) is 0 Å². The van der Waals surface area contributed by atoms with Gasteiger partial charge in [-0.2, -0.15) is 0 Å². The summed E-state index contributed by atoms with van der Waals surface area (Å²) < 4.78 is 0. The number of amides is 3. The molecule has 22 heavy (non-hydrogen) atoms. The van der Waals surface area contributed by atoms with Crippen molar-refractivity contribution in [2.75, 3.05) is 13.1 Å². The quantitative estimate of drug-likeness (QED) is 0.471. The summed E-state index contributed by atoms with van der Waals surface area (Å²) in [6.45, 7) is 7.25. The highest BCUT2D eigenvalue weighted by Gasteiger charge is 2.59. The maximum atomic E-state index is 12.5. The van der Waals surface area contributed by atoms with Gasteiger partial charge < -0.3 is 5.32 Å². The summed E-state index contributed by atoms with van der Waals surface area (Å²) in [5.41, 5.74) is 0. The van der Waals surface area contributed by atoms with Gasteiger partial charge in [0, 0.05) is 14.6 Å². The van der Waals surface area contributed by atoms with Gasteiger partial charge in [0.05, 0.1) is 11.8 Å². The molecule has 3 amide bonds. The number of allylic oxidation sites excluding steroid dienone is 2. The van der Waals surface area contributed by atoms with Crippen molar-refractivity contribution in [1.29, 1.82) is 0 Å². The zero-order valence-corrected chi connectivity index (χ0v) is 14.5. The molecular formula is C16H24N2O3Si. The molecule has 3 rings (SSSR count). The van der Waals surface area contributed by atoms with Crippen molar-refractivity contribution in [3.05, 3.63) is 12.2 Å². The number of imide groups is 1. The second kappa shape index (κ2) is 5.33. The SMILES string of the molecule is C[Si](C)(C)CCNC(=O)CN1C(=O)C2C3C=CC(C3)C2C1=O. The minimum absolute atomic E-state index is 0.115. The summed E-state index contributed by atoms with van der Waals surface area (Å²) in [5, 5.41) is 2.85. The fraction of sp³-hybridized carbons (Fsp3) is 0.688. The van der Waals surface area contributed by atoms with Crippen molar-refractivity contribution in [3.8, 4) is 0 Å². The van der Waals surface area contributed by atoms with Crippen LogP contribution in [0.3, 0.4) is 0 Å². The Labute approximate surface area is 132 Å². The molecule has 2 bridgehead atoms. The highest BCUT2D eigenvalue weighted by atomic mass is 28.3. The predicted molar refractivity (Wildman–Crippen MR) is 85.6 cm³/mol. The van der Waals surface area contributed by atoms with Gasteiger partial charge in [-0.15, -0.1) is 0 Å². The Morgan fingerprint density at radius 2 is 1.73 bits per heavy atom. The first kappa shape index (κ1) is 15.5. The monoisotopic (exact) mass is 320 g/mol. The number of hydrogen-bond acceptors (Lipinski definition) is 3. The first-order valence-electron chi connectivity index (χ1n) is 8.08. The minimum atomic E-state index is -1.19. The van der Waals surface area contributed by atoms with E-state index >= 15 is 0 Å². The Morgan fingerprint density at radius 1 is 1.18 bits per heavy atom. The molecule has 4 atom stereocenters. The third-order valence-corrected chi connectivity index (χ3v) is 6.81. The maximum absolute atomic E-state index is 12.5. The van der Waals surface area contributed by atoms with Gasteiger partial charge in [-0.05, 0) is 24.3 Å². The van der Waals surface area contributed by atoms with Crippen LogP contribution in [0.5, 0.6) is 0 Å². The molecule has 5 nitrogen and oxygen atoms in total. The number of fused-ring (bicyclic) bond motifs is 5. The van der Waals surface area contributed by atoms with Crippen molar-refractivity contribution >= 4 is 25.8 Å². The topological polar surface area (TPSA) is 66.5 Å². The van der Waals surface area contributed by atoms with Gasteiger partial charge in [0.2, 0.25) is 17.7 Å². The summed E-state index contributed by atoms with van der Waals surface area (Å²) in [7, 11) is -1.19. The molecule has 2 aliphatic carbocycles. The largest absolute Gasteiger partial charge is 0.355 e. The number of rotatable bonds is 5. The van der Waals surface area contributed by atoms with E-state index in [0.717, 1.165) is 12.5 Å².